The quantitative estimate of drug-likeness (QED) is 0.759. The molecule has 1 aliphatic carbocycles. The van der Waals surface area contributed by atoms with Gasteiger partial charge in [-0.25, -0.2) is 4.79 Å². The Labute approximate surface area is 134 Å². The first kappa shape index (κ1) is 15.5. The minimum Gasteiger partial charge on any atom is -0.497 e. The first-order chi connectivity index (χ1) is 11.0. The maximum Gasteiger partial charge on any atom is 0.329 e. The fraction of sp³-hybridized carbons (Fsp3) is 0.471. The summed E-state index contributed by atoms with van der Waals surface area (Å²) in [4.78, 5) is 38.4. The Balaban J connectivity index is 2.12. The van der Waals surface area contributed by atoms with Crippen LogP contribution < -0.4 is 4.74 Å². The third-order valence-corrected chi connectivity index (χ3v) is 4.78. The van der Waals surface area contributed by atoms with E-state index < -0.39 is 17.9 Å². The van der Waals surface area contributed by atoms with Gasteiger partial charge in [0.05, 0.1) is 20.1 Å². The number of benzene rings is 1. The van der Waals surface area contributed by atoms with Gasteiger partial charge in [0.15, 0.2) is 0 Å². The Morgan fingerprint density at radius 2 is 2.00 bits per heavy atom. The molecule has 2 bridgehead atoms. The van der Waals surface area contributed by atoms with E-state index in [1.165, 1.54) is 18.9 Å². The van der Waals surface area contributed by atoms with E-state index in [1.807, 2.05) is 12.1 Å². The first-order valence-corrected chi connectivity index (χ1v) is 7.53. The number of hydrogen-bond acceptors (Lipinski definition) is 5. The van der Waals surface area contributed by atoms with Gasteiger partial charge in [-0.15, -0.1) is 0 Å². The van der Waals surface area contributed by atoms with E-state index in [0.29, 0.717) is 12.2 Å². The van der Waals surface area contributed by atoms with Crippen LogP contribution in [0.1, 0.15) is 24.0 Å². The summed E-state index contributed by atoms with van der Waals surface area (Å²) in [5.74, 6) is -1.01. The zero-order chi connectivity index (χ0) is 16.7. The summed E-state index contributed by atoms with van der Waals surface area (Å²) in [6.45, 7) is 1.66. The van der Waals surface area contributed by atoms with Gasteiger partial charge in [0.1, 0.15) is 17.6 Å². The monoisotopic (exact) mass is 317 g/mol. The Morgan fingerprint density at radius 1 is 1.26 bits per heavy atom. The van der Waals surface area contributed by atoms with Crippen molar-refractivity contribution in [1.82, 2.24) is 4.90 Å². The first-order valence-electron chi connectivity index (χ1n) is 7.53. The maximum atomic E-state index is 12.7. The normalized spacial score (nSPS) is 25.6. The van der Waals surface area contributed by atoms with Gasteiger partial charge < -0.3 is 14.4 Å². The highest BCUT2D eigenvalue weighted by Gasteiger charge is 2.51. The molecule has 122 valence electrons. The van der Waals surface area contributed by atoms with Gasteiger partial charge >= 0.3 is 5.97 Å². The number of rotatable bonds is 2. The number of fused-ring (bicyclic) bond motifs is 4. The smallest absolute Gasteiger partial charge is 0.329 e. The molecule has 6 nitrogen and oxygen atoms in total. The van der Waals surface area contributed by atoms with E-state index in [4.69, 9.17) is 9.47 Å². The van der Waals surface area contributed by atoms with Crippen molar-refractivity contribution in [1.29, 1.82) is 0 Å². The van der Waals surface area contributed by atoms with Crippen LogP contribution in [0, 0.1) is 5.92 Å². The molecule has 0 saturated carbocycles. The Kier molecular flexibility index (Phi) is 3.83. The molecule has 1 aliphatic heterocycles. The predicted molar refractivity (Wildman–Crippen MR) is 81.1 cm³/mol. The number of amides is 1. The lowest BCUT2D eigenvalue weighted by Gasteiger charge is -2.45. The Hall–Kier alpha value is -2.37. The number of piperidine rings is 1. The number of esters is 1. The number of methoxy groups -OCH3 is 2. The molecule has 23 heavy (non-hydrogen) atoms. The summed E-state index contributed by atoms with van der Waals surface area (Å²) >= 11 is 0. The lowest BCUT2D eigenvalue weighted by atomic mass is 9.69. The molecule has 1 fully saturated rings. The number of carbonyl (C=O) groups is 3. The highest BCUT2D eigenvalue weighted by molar-refractivity contribution is 5.99. The molecule has 2 aliphatic rings. The van der Waals surface area contributed by atoms with Crippen molar-refractivity contribution in [2.24, 2.45) is 5.92 Å². The molecule has 1 unspecified atom stereocenters. The molecular formula is C17H19NO5. The highest BCUT2D eigenvalue weighted by atomic mass is 16.5. The number of nitrogens with zero attached hydrogens (tertiary/aromatic N) is 1. The Bertz CT molecular complexity index is 684. The molecule has 0 radical (unpaired) electrons. The van der Waals surface area contributed by atoms with E-state index in [0.717, 1.165) is 11.1 Å². The molecule has 0 aromatic heterocycles. The number of likely N-dealkylation sites (tertiary alicyclic amines) is 1. The van der Waals surface area contributed by atoms with Crippen molar-refractivity contribution in [3.8, 4) is 5.75 Å². The van der Waals surface area contributed by atoms with Crippen LogP contribution in [-0.2, 0) is 25.5 Å². The molecule has 1 heterocycles. The van der Waals surface area contributed by atoms with Gasteiger partial charge in [0.2, 0.25) is 5.91 Å². The summed E-state index contributed by atoms with van der Waals surface area (Å²) in [5.41, 5.74) is 1.78. The minimum absolute atomic E-state index is 0.00978. The topological polar surface area (TPSA) is 72.9 Å². The van der Waals surface area contributed by atoms with E-state index in [9.17, 15) is 14.4 Å². The van der Waals surface area contributed by atoms with Gasteiger partial charge in [0.25, 0.3) is 0 Å². The van der Waals surface area contributed by atoms with Crippen molar-refractivity contribution >= 4 is 17.7 Å². The van der Waals surface area contributed by atoms with Crippen molar-refractivity contribution in [2.75, 3.05) is 20.8 Å². The van der Waals surface area contributed by atoms with Crippen LogP contribution in [0.2, 0.25) is 0 Å². The summed E-state index contributed by atoms with van der Waals surface area (Å²) in [6, 6.07) is 4.59. The van der Waals surface area contributed by atoms with Crippen LogP contribution in [0.4, 0.5) is 0 Å². The summed E-state index contributed by atoms with van der Waals surface area (Å²) in [5, 5.41) is 0. The summed E-state index contributed by atoms with van der Waals surface area (Å²) in [6.07, 6.45) is 0.555. The van der Waals surface area contributed by atoms with Gasteiger partial charge in [-0.05, 0) is 29.7 Å². The minimum atomic E-state index is -0.895. The van der Waals surface area contributed by atoms with Gasteiger partial charge in [0, 0.05) is 19.4 Å². The second-order valence-electron chi connectivity index (χ2n) is 5.99. The zero-order valence-electron chi connectivity index (χ0n) is 13.4. The second-order valence-corrected chi connectivity index (χ2v) is 5.99. The summed E-state index contributed by atoms with van der Waals surface area (Å²) in [7, 11) is 2.86. The van der Waals surface area contributed by atoms with Gasteiger partial charge in [-0.3, -0.25) is 9.59 Å². The average molecular weight is 317 g/mol. The number of carbonyl (C=O) groups excluding carboxylic acids is 3. The van der Waals surface area contributed by atoms with E-state index >= 15 is 0 Å². The number of ether oxygens (including phenoxy) is 2. The molecule has 3 rings (SSSR count). The van der Waals surface area contributed by atoms with Crippen LogP contribution >= 0.6 is 0 Å². The molecule has 0 N–H and O–H groups in total. The zero-order valence-corrected chi connectivity index (χ0v) is 13.4. The molecule has 1 aromatic rings. The standard InChI is InChI=1S/C17H19NO5/c1-9(19)18-8-11-6-10-7-12(22-2)4-5-13(10)14(16(11)20)15(18)17(21)23-3/h4-5,7,11,14-15H,6,8H2,1-3H3/t11-,14+,15?/m1/s1. The fourth-order valence-corrected chi connectivity index (χ4v) is 3.68. The van der Waals surface area contributed by atoms with Crippen LogP contribution in [-0.4, -0.2) is 49.4 Å². The van der Waals surface area contributed by atoms with E-state index in [2.05, 4.69) is 0 Å². The molecule has 1 saturated heterocycles. The fourth-order valence-electron chi connectivity index (χ4n) is 3.68. The van der Waals surface area contributed by atoms with Gasteiger partial charge in [-0.1, -0.05) is 6.07 Å². The molecule has 6 heteroatoms. The number of ketones is 1. The number of hydrogen-bond donors (Lipinski definition) is 0. The predicted octanol–water partition coefficient (Wildman–Crippen LogP) is 0.924. The average Bonchev–Trinajstić information content (AvgIpc) is 2.53. The van der Waals surface area contributed by atoms with Crippen LogP contribution in [0.5, 0.6) is 5.75 Å². The van der Waals surface area contributed by atoms with Crippen molar-refractivity contribution < 1.29 is 23.9 Å². The lowest BCUT2D eigenvalue weighted by Crippen LogP contribution is -2.59. The van der Waals surface area contributed by atoms with Gasteiger partial charge in [-0.2, -0.15) is 0 Å². The molecule has 0 spiro atoms. The summed E-state index contributed by atoms with van der Waals surface area (Å²) < 4.78 is 10.1. The van der Waals surface area contributed by atoms with Crippen molar-refractivity contribution in [3.63, 3.8) is 0 Å². The van der Waals surface area contributed by atoms with Crippen molar-refractivity contribution in [3.05, 3.63) is 29.3 Å². The third kappa shape index (κ3) is 2.38. The van der Waals surface area contributed by atoms with Crippen LogP contribution in [0.3, 0.4) is 0 Å². The molecular weight excluding hydrogens is 298 g/mol. The maximum absolute atomic E-state index is 12.7. The van der Waals surface area contributed by atoms with Crippen molar-refractivity contribution in [2.45, 2.75) is 25.3 Å². The molecule has 1 amide bonds. The Morgan fingerprint density at radius 3 is 2.61 bits per heavy atom. The SMILES string of the molecule is COC(=O)C1[C@H]2C(=O)[C@H](Cc3cc(OC)ccc32)CN1C(C)=O. The van der Waals surface area contributed by atoms with E-state index in [-0.39, 0.29) is 24.2 Å². The third-order valence-electron chi connectivity index (χ3n) is 4.78. The number of Topliss-reactive ketones (excluding diaryl/α,β-unsaturated/α-hetero) is 1. The largest absolute Gasteiger partial charge is 0.497 e. The second kappa shape index (κ2) is 5.68. The highest BCUT2D eigenvalue weighted by Crippen LogP contribution is 2.42. The van der Waals surface area contributed by atoms with Crippen LogP contribution in [0.25, 0.3) is 0 Å². The van der Waals surface area contributed by atoms with E-state index in [1.54, 1.807) is 13.2 Å². The van der Waals surface area contributed by atoms with Crippen LogP contribution in [0.15, 0.2) is 18.2 Å². The molecule has 1 aromatic carbocycles. The lowest BCUT2D eigenvalue weighted by molar-refractivity contribution is -0.160. The molecule has 3 atom stereocenters.